The van der Waals surface area contributed by atoms with E-state index in [9.17, 15) is 48.3 Å². The maximum Gasteiger partial charge on any atom is 0.460 e. The maximum atomic E-state index is 12.2. The van der Waals surface area contributed by atoms with Gasteiger partial charge in [-0.2, -0.15) is 48.3 Å². The van der Waals surface area contributed by atoms with Crippen molar-refractivity contribution < 1.29 is 48.3 Å². The summed E-state index contributed by atoms with van der Waals surface area (Å²) in [5, 5.41) is 0. The third kappa shape index (κ3) is 2.15. The first kappa shape index (κ1) is 16.2. The fourth-order valence-corrected chi connectivity index (χ4v) is 0.605. The molecule has 0 fully saturated rings. The molecule has 0 unspecified atom stereocenters. The van der Waals surface area contributed by atoms with Gasteiger partial charge in [-0.05, 0) is 0 Å². The highest BCUT2D eigenvalue weighted by Crippen LogP contribution is 2.56. The molecule has 0 heterocycles. The van der Waals surface area contributed by atoms with E-state index in [1.807, 2.05) is 0 Å². The van der Waals surface area contributed by atoms with Crippen molar-refractivity contribution in [3.8, 4) is 0 Å². The quantitative estimate of drug-likeness (QED) is 0.688. The first-order chi connectivity index (χ1) is 7.00. The van der Waals surface area contributed by atoms with Gasteiger partial charge >= 0.3 is 29.9 Å². The summed E-state index contributed by atoms with van der Waals surface area (Å²) in [5.74, 6) is -27.7. The summed E-state index contributed by atoms with van der Waals surface area (Å²) in [7, 11) is 0. The van der Waals surface area contributed by atoms with Crippen molar-refractivity contribution in [2.75, 3.05) is 0 Å². The van der Waals surface area contributed by atoms with Gasteiger partial charge in [-0.1, -0.05) is 0 Å². The van der Waals surface area contributed by atoms with E-state index >= 15 is 0 Å². The van der Waals surface area contributed by atoms with Gasteiger partial charge in [-0.15, -0.1) is 0 Å². The van der Waals surface area contributed by atoms with Crippen LogP contribution >= 0.6 is 0 Å². The molecular weight excluding hydrogens is 281 g/mol. The van der Waals surface area contributed by atoms with E-state index in [0.717, 1.165) is 6.92 Å². The van der Waals surface area contributed by atoms with Gasteiger partial charge in [-0.25, -0.2) is 0 Å². The van der Waals surface area contributed by atoms with E-state index < -0.39 is 29.9 Å². The molecule has 0 atom stereocenters. The average molecular weight is 283 g/mol. The Bertz CT molecular complexity index is 251. The summed E-state index contributed by atoms with van der Waals surface area (Å²) in [4.78, 5) is 0. The minimum Gasteiger partial charge on any atom is -0.200 e. The second-order valence-electron chi connectivity index (χ2n) is 2.93. The van der Waals surface area contributed by atoms with Crippen LogP contribution in [-0.2, 0) is 0 Å². The van der Waals surface area contributed by atoms with Crippen molar-refractivity contribution in [1.82, 2.24) is 0 Å². The third-order valence-electron chi connectivity index (χ3n) is 1.60. The van der Waals surface area contributed by atoms with Crippen molar-refractivity contribution >= 4 is 0 Å². The second-order valence-corrected chi connectivity index (χ2v) is 2.93. The Morgan fingerprint density at radius 3 is 0.941 bits per heavy atom. The lowest BCUT2D eigenvalue weighted by atomic mass is 9.99. The Hall–Kier alpha value is -0.770. The van der Waals surface area contributed by atoms with Gasteiger partial charge in [0, 0.05) is 6.92 Å². The Morgan fingerprint density at radius 2 is 0.765 bits per heavy atom. The van der Waals surface area contributed by atoms with Gasteiger partial charge in [0.25, 0.3) is 0 Å². The highest BCUT2D eigenvalue weighted by molar-refractivity contribution is 5.06. The van der Waals surface area contributed by atoms with Crippen molar-refractivity contribution in [2.45, 2.75) is 29.9 Å². The monoisotopic (exact) mass is 283 g/mol. The van der Waals surface area contributed by atoms with Crippen molar-refractivity contribution in [3.05, 3.63) is 6.92 Å². The molecule has 0 aromatic heterocycles. The standard InChI is InChI=1S/C6H2F11/c1-2(7,8)3(9,10)4(11,12)5(13,14)6(15,16)17/h1H2. The highest BCUT2D eigenvalue weighted by Gasteiger charge is 2.86. The first-order valence-electron chi connectivity index (χ1n) is 3.43. The van der Waals surface area contributed by atoms with Crippen molar-refractivity contribution in [1.29, 1.82) is 0 Å². The summed E-state index contributed by atoms with van der Waals surface area (Å²) in [5.41, 5.74) is 0. The Balaban J connectivity index is 5.73. The SMILES string of the molecule is [CH2]C(F)(F)C(F)(F)C(F)(F)C(F)(F)C(F)(F)F. The molecule has 0 amide bonds. The molecule has 0 nitrogen and oxygen atoms in total. The largest absolute Gasteiger partial charge is 0.460 e. The molecule has 0 aromatic carbocycles. The van der Waals surface area contributed by atoms with E-state index in [-0.39, 0.29) is 0 Å². The summed E-state index contributed by atoms with van der Waals surface area (Å²) >= 11 is 0. The molecule has 1 radical (unpaired) electrons. The molecule has 0 saturated heterocycles. The van der Waals surface area contributed by atoms with Crippen LogP contribution in [0.1, 0.15) is 0 Å². The number of hydrogen-bond donors (Lipinski definition) is 0. The summed E-state index contributed by atoms with van der Waals surface area (Å²) in [6.07, 6.45) is -7.12. The summed E-state index contributed by atoms with van der Waals surface area (Å²) in [6.45, 7) is 1.14. The van der Waals surface area contributed by atoms with Gasteiger partial charge in [0.15, 0.2) is 0 Å². The molecule has 103 valence electrons. The van der Waals surface area contributed by atoms with Crippen LogP contribution in [0.25, 0.3) is 0 Å². The normalized spacial score (nSPS) is 16.2. The lowest BCUT2D eigenvalue weighted by molar-refractivity contribution is -0.417. The van der Waals surface area contributed by atoms with Crippen LogP contribution in [-0.4, -0.2) is 29.9 Å². The smallest absolute Gasteiger partial charge is 0.200 e. The molecule has 0 saturated carbocycles. The molecule has 17 heavy (non-hydrogen) atoms. The number of rotatable bonds is 3. The van der Waals surface area contributed by atoms with Gasteiger partial charge in [0.2, 0.25) is 0 Å². The zero-order chi connectivity index (χ0) is 14.5. The molecule has 0 aliphatic carbocycles. The van der Waals surface area contributed by atoms with E-state index in [2.05, 4.69) is 0 Å². The lowest BCUT2D eigenvalue weighted by Crippen LogP contribution is -2.65. The number of halogens is 11. The molecule has 0 aliphatic rings. The van der Waals surface area contributed by atoms with Crippen LogP contribution in [0.15, 0.2) is 0 Å². The van der Waals surface area contributed by atoms with E-state index in [4.69, 9.17) is 0 Å². The third-order valence-corrected chi connectivity index (χ3v) is 1.60. The topological polar surface area (TPSA) is 0 Å². The number of hydrogen-bond acceptors (Lipinski definition) is 0. The van der Waals surface area contributed by atoms with Gasteiger partial charge in [-0.3, -0.25) is 0 Å². The minimum absolute atomic E-state index is 1.14. The molecule has 0 spiro atoms. The van der Waals surface area contributed by atoms with Gasteiger partial charge in [0.1, 0.15) is 0 Å². The zero-order valence-corrected chi connectivity index (χ0v) is 7.36. The molecule has 0 N–H and O–H groups in total. The van der Waals surface area contributed by atoms with Crippen LogP contribution in [0.4, 0.5) is 48.3 Å². The van der Waals surface area contributed by atoms with Crippen LogP contribution in [0.5, 0.6) is 0 Å². The Kier molecular flexibility index (Phi) is 3.45. The second kappa shape index (κ2) is 3.61. The van der Waals surface area contributed by atoms with Crippen LogP contribution in [0.3, 0.4) is 0 Å². The minimum atomic E-state index is -7.34. The summed E-state index contributed by atoms with van der Waals surface area (Å²) < 4.78 is 131. The molecule has 11 heteroatoms. The van der Waals surface area contributed by atoms with Crippen molar-refractivity contribution in [2.24, 2.45) is 0 Å². The fraction of sp³-hybridized carbons (Fsp3) is 0.833. The summed E-state index contributed by atoms with van der Waals surface area (Å²) in [6, 6.07) is 0. The van der Waals surface area contributed by atoms with Crippen LogP contribution < -0.4 is 0 Å². The van der Waals surface area contributed by atoms with E-state index in [0.29, 0.717) is 0 Å². The molecular formula is C6H2F11. The predicted octanol–water partition coefficient (Wildman–Crippen LogP) is 3.92. The highest BCUT2D eigenvalue weighted by atomic mass is 19.4. The fourth-order valence-electron chi connectivity index (χ4n) is 0.605. The Morgan fingerprint density at radius 1 is 0.471 bits per heavy atom. The Labute approximate surface area is 86.4 Å². The average Bonchev–Trinajstić information content (AvgIpc) is 1.98. The number of alkyl halides is 11. The van der Waals surface area contributed by atoms with Crippen LogP contribution in [0, 0.1) is 6.92 Å². The predicted molar refractivity (Wildman–Crippen MR) is 31.2 cm³/mol. The molecule has 0 aromatic rings. The molecule has 0 aliphatic heterocycles. The first-order valence-corrected chi connectivity index (χ1v) is 3.43. The molecule has 0 bridgehead atoms. The van der Waals surface area contributed by atoms with Gasteiger partial charge < -0.3 is 0 Å². The van der Waals surface area contributed by atoms with Crippen LogP contribution in [0.2, 0.25) is 0 Å². The lowest BCUT2D eigenvalue weighted by Gasteiger charge is -2.35. The van der Waals surface area contributed by atoms with E-state index in [1.54, 1.807) is 0 Å². The maximum absolute atomic E-state index is 12.2. The zero-order valence-electron chi connectivity index (χ0n) is 7.36. The molecule has 0 rings (SSSR count). The van der Waals surface area contributed by atoms with Gasteiger partial charge in [0.05, 0.1) is 0 Å². The van der Waals surface area contributed by atoms with E-state index in [1.165, 1.54) is 0 Å². The van der Waals surface area contributed by atoms with Crippen molar-refractivity contribution in [3.63, 3.8) is 0 Å².